The van der Waals surface area contributed by atoms with E-state index in [-0.39, 0.29) is 9.09 Å². The Morgan fingerprint density at radius 3 is 2.32 bits per heavy atom. The molecule has 0 atom stereocenters. The quantitative estimate of drug-likeness (QED) is 0.649. The van der Waals surface area contributed by atoms with Crippen LogP contribution in [0.1, 0.15) is 24.9 Å². The van der Waals surface area contributed by atoms with Gasteiger partial charge in [0.05, 0.1) is 13.5 Å². The van der Waals surface area contributed by atoms with E-state index >= 15 is 0 Å². The molecular weight excluding hydrogens is 414 g/mol. The molecule has 0 aliphatic rings. The molecular formula is C11H10BrN3O4S3. The third-order valence-corrected chi connectivity index (χ3v) is 6.75. The van der Waals surface area contributed by atoms with Gasteiger partial charge < -0.3 is 0 Å². The number of rotatable bonds is 3. The van der Waals surface area contributed by atoms with Gasteiger partial charge in [-0.15, -0.1) is 22.7 Å². The summed E-state index contributed by atoms with van der Waals surface area (Å²) >= 11 is 5.19. The van der Waals surface area contributed by atoms with Crippen LogP contribution < -0.4 is 16.0 Å². The highest BCUT2D eigenvalue weighted by molar-refractivity contribution is 9.11. The Morgan fingerprint density at radius 1 is 1.18 bits per heavy atom. The number of hydrogen-bond acceptors (Lipinski definition) is 6. The van der Waals surface area contributed by atoms with Gasteiger partial charge in [-0.2, -0.15) is 0 Å². The first-order valence-electron chi connectivity index (χ1n) is 5.67. The summed E-state index contributed by atoms with van der Waals surface area (Å²) in [6.07, 6.45) is 0. The molecule has 2 aromatic rings. The van der Waals surface area contributed by atoms with Crippen LogP contribution >= 0.6 is 38.6 Å². The Labute approximate surface area is 142 Å². The lowest BCUT2D eigenvalue weighted by atomic mass is 10.3. The molecule has 2 aromatic heterocycles. The number of hydrazine groups is 1. The number of carbonyl (C=O) groups is 2. The molecule has 0 aliphatic carbocycles. The number of nitrogens with two attached hydrogens (primary N) is 1. The van der Waals surface area contributed by atoms with Crippen molar-refractivity contribution in [1.82, 2.24) is 10.9 Å². The summed E-state index contributed by atoms with van der Waals surface area (Å²) in [7, 11) is -3.86. The predicted molar refractivity (Wildman–Crippen MR) is 87.4 cm³/mol. The molecule has 2 amide bonds. The molecule has 0 spiro atoms. The van der Waals surface area contributed by atoms with Crippen molar-refractivity contribution in [2.24, 2.45) is 5.14 Å². The minimum Gasteiger partial charge on any atom is -0.266 e. The van der Waals surface area contributed by atoms with Crippen LogP contribution in [0.15, 0.2) is 26.2 Å². The van der Waals surface area contributed by atoms with E-state index in [1.165, 1.54) is 17.4 Å². The molecule has 7 nitrogen and oxygen atoms in total. The first kappa shape index (κ1) is 17.1. The topological polar surface area (TPSA) is 118 Å². The molecule has 0 bridgehead atoms. The molecule has 0 saturated carbocycles. The lowest BCUT2D eigenvalue weighted by Crippen LogP contribution is -2.41. The standard InChI is InChI=1S/C11H10BrN3O4S3/c1-5-4-8(22(13,18)19)21-9(5)11(17)15-14-10(16)6-2-3-7(12)20-6/h2-4H,1H3,(H,14,16)(H,15,17)(H2,13,18,19). The lowest BCUT2D eigenvalue weighted by Gasteiger charge is -2.05. The van der Waals surface area contributed by atoms with Crippen molar-refractivity contribution in [2.75, 3.05) is 0 Å². The first-order valence-corrected chi connectivity index (χ1v) is 9.65. The van der Waals surface area contributed by atoms with Gasteiger partial charge in [0.25, 0.3) is 11.8 Å². The van der Waals surface area contributed by atoms with E-state index in [1.807, 2.05) is 0 Å². The van der Waals surface area contributed by atoms with E-state index in [2.05, 4.69) is 26.8 Å². The largest absolute Gasteiger partial charge is 0.280 e. The normalized spacial score (nSPS) is 11.2. The summed E-state index contributed by atoms with van der Waals surface area (Å²) < 4.78 is 23.2. The van der Waals surface area contributed by atoms with Crippen LogP contribution in [-0.4, -0.2) is 20.2 Å². The fourth-order valence-electron chi connectivity index (χ4n) is 1.49. The van der Waals surface area contributed by atoms with Crippen LogP contribution in [0.2, 0.25) is 0 Å². The van der Waals surface area contributed by atoms with Crippen LogP contribution in [-0.2, 0) is 10.0 Å². The van der Waals surface area contributed by atoms with Crippen molar-refractivity contribution < 1.29 is 18.0 Å². The predicted octanol–water partition coefficient (Wildman–Crippen LogP) is 1.60. The molecule has 2 rings (SSSR count). The SMILES string of the molecule is Cc1cc(S(N)(=O)=O)sc1C(=O)NNC(=O)c1ccc(Br)s1. The van der Waals surface area contributed by atoms with Crippen molar-refractivity contribution in [2.45, 2.75) is 11.1 Å². The zero-order chi connectivity index (χ0) is 16.5. The smallest absolute Gasteiger partial charge is 0.266 e. The number of nitrogens with one attached hydrogen (secondary N) is 2. The highest BCUT2D eigenvalue weighted by Crippen LogP contribution is 2.25. The van der Waals surface area contributed by atoms with Gasteiger partial charge in [0.15, 0.2) is 0 Å². The number of primary sulfonamides is 1. The maximum Gasteiger partial charge on any atom is 0.280 e. The molecule has 0 aliphatic heterocycles. The Hall–Kier alpha value is -1.27. The maximum atomic E-state index is 12.0. The van der Waals surface area contributed by atoms with E-state index in [0.29, 0.717) is 10.4 Å². The summed E-state index contributed by atoms with van der Waals surface area (Å²) in [4.78, 5) is 24.4. The number of sulfonamides is 1. The van der Waals surface area contributed by atoms with Gasteiger partial charge >= 0.3 is 0 Å². The monoisotopic (exact) mass is 423 g/mol. The van der Waals surface area contributed by atoms with E-state index in [0.717, 1.165) is 15.1 Å². The number of amides is 2. The zero-order valence-corrected chi connectivity index (χ0v) is 15.1. The van der Waals surface area contributed by atoms with Crippen molar-refractivity contribution in [3.8, 4) is 0 Å². The molecule has 22 heavy (non-hydrogen) atoms. The molecule has 0 unspecified atom stereocenters. The molecule has 0 saturated heterocycles. The molecule has 2 heterocycles. The summed E-state index contributed by atoms with van der Waals surface area (Å²) in [5.41, 5.74) is 4.96. The number of carbonyl (C=O) groups excluding carboxylic acids is 2. The number of aryl methyl sites for hydroxylation is 1. The fourth-order valence-corrected chi connectivity index (χ4v) is 4.62. The van der Waals surface area contributed by atoms with Crippen LogP contribution in [0.5, 0.6) is 0 Å². The third kappa shape index (κ3) is 3.93. The maximum absolute atomic E-state index is 12.0. The Balaban J connectivity index is 2.07. The molecule has 118 valence electrons. The Kier molecular flexibility index (Phi) is 5.02. The molecule has 0 aromatic carbocycles. The molecule has 0 fully saturated rings. The highest BCUT2D eigenvalue weighted by atomic mass is 79.9. The third-order valence-electron chi connectivity index (χ3n) is 2.47. The second kappa shape index (κ2) is 6.46. The Bertz CT molecular complexity index is 841. The van der Waals surface area contributed by atoms with Gasteiger partial charge in [0, 0.05) is 0 Å². The lowest BCUT2D eigenvalue weighted by molar-refractivity contribution is 0.0851. The first-order chi connectivity index (χ1) is 10.2. The number of halogens is 1. The van der Waals surface area contributed by atoms with Gasteiger partial charge in [-0.25, -0.2) is 13.6 Å². The van der Waals surface area contributed by atoms with Gasteiger partial charge in [-0.05, 0) is 46.6 Å². The van der Waals surface area contributed by atoms with E-state index in [1.54, 1.807) is 19.1 Å². The van der Waals surface area contributed by atoms with Crippen LogP contribution in [0.3, 0.4) is 0 Å². The van der Waals surface area contributed by atoms with Crippen LogP contribution in [0.4, 0.5) is 0 Å². The summed E-state index contributed by atoms with van der Waals surface area (Å²) in [6.45, 7) is 1.58. The second-order valence-electron chi connectivity index (χ2n) is 4.13. The fraction of sp³-hybridized carbons (Fsp3) is 0.0909. The van der Waals surface area contributed by atoms with Crippen molar-refractivity contribution >= 4 is 60.4 Å². The molecule has 4 N–H and O–H groups in total. The number of thiophene rings is 2. The molecule has 11 heteroatoms. The van der Waals surface area contributed by atoms with Crippen molar-refractivity contribution in [3.05, 3.63) is 37.3 Å². The summed E-state index contributed by atoms with van der Waals surface area (Å²) in [6, 6.07) is 4.63. The molecule has 0 radical (unpaired) electrons. The van der Waals surface area contributed by atoms with Gasteiger partial charge in [-0.1, -0.05) is 0 Å². The van der Waals surface area contributed by atoms with Gasteiger partial charge in [-0.3, -0.25) is 20.4 Å². The van der Waals surface area contributed by atoms with Gasteiger partial charge in [0.1, 0.15) is 4.21 Å². The van der Waals surface area contributed by atoms with E-state index in [4.69, 9.17) is 5.14 Å². The van der Waals surface area contributed by atoms with Gasteiger partial charge in [0.2, 0.25) is 10.0 Å². The van der Waals surface area contributed by atoms with E-state index in [9.17, 15) is 18.0 Å². The van der Waals surface area contributed by atoms with Crippen LogP contribution in [0, 0.1) is 6.92 Å². The number of hydrogen-bond donors (Lipinski definition) is 3. The second-order valence-corrected chi connectivity index (χ2v) is 9.44. The Morgan fingerprint density at radius 2 is 1.82 bits per heavy atom. The van der Waals surface area contributed by atoms with Crippen molar-refractivity contribution in [3.63, 3.8) is 0 Å². The minimum atomic E-state index is -3.86. The zero-order valence-electron chi connectivity index (χ0n) is 11.0. The average Bonchev–Trinajstić information content (AvgIpc) is 3.01. The van der Waals surface area contributed by atoms with Crippen molar-refractivity contribution in [1.29, 1.82) is 0 Å². The van der Waals surface area contributed by atoms with Crippen LogP contribution in [0.25, 0.3) is 0 Å². The average molecular weight is 424 g/mol. The van der Waals surface area contributed by atoms with E-state index < -0.39 is 21.8 Å². The summed E-state index contributed by atoms with van der Waals surface area (Å²) in [5.74, 6) is -1.08. The minimum absolute atomic E-state index is 0.108. The summed E-state index contributed by atoms with van der Waals surface area (Å²) in [5, 5.41) is 5.02. The highest BCUT2D eigenvalue weighted by Gasteiger charge is 2.19.